The van der Waals surface area contributed by atoms with Gasteiger partial charge in [0.2, 0.25) is 5.91 Å². The van der Waals surface area contributed by atoms with Crippen molar-refractivity contribution in [2.45, 2.75) is 38.5 Å². The molecule has 132 valence electrons. The Morgan fingerprint density at radius 1 is 1.50 bits per heavy atom. The number of hydrogen-bond donors (Lipinski definition) is 1. The number of aliphatic hydroxyl groups excluding tert-OH is 1. The Hall–Kier alpha value is -1.02. The Labute approximate surface area is 146 Å². The van der Waals surface area contributed by atoms with Crippen LogP contribution in [0.4, 0.5) is 5.13 Å². The first-order valence-corrected chi connectivity index (χ1v) is 9.60. The van der Waals surface area contributed by atoms with Crippen LogP contribution < -0.4 is 4.90 Å². The fraction of sp³-hybridized carbons (Fsp3) is 0.765. The van der Waals surface area contributed by atoms with E-state index >= 15 is 0 Å². The summed E-state index contributed by atoms with van der Waals surface area (Å²) in [5.74, 6) is 1.94. The number of likely N-dealkylation sites (tertiary alicyclic amines) is 1. The number of nitrogens with zero attached hydrogens (tertiary/aromatic N) is 3. The summed E-state index contributed by atoms with van der Waals surface area (Å²) in [5, 5.41) is 13.3. The molecule has 7 heteroatoms. The van der Waals surface area contributed by atoms with Gasteiger partial charge in [0.05, 0.1) is 24.9 Å². The van der Waals surface area contributed by atoms with Crippen LogP contribution in [-0.2, 0) is 16.1 Å². The highest BCUT2D eigenvalue weighted by Crippen LogP contribution is 2.55. The van der Waals surface area contributed by atoms with Crippen LogP contribution in [0.3, 0.4) is 0 Å². The molecule has 6 nitrogen and oxygen atoms in total. The first kappa shape index (κ1) is 16.4. The second-order valence-electron chi connectivity index (χ2n) is 7.35. The van der Waals surface area contributed by atoms with Gasteiger partial charge in [-0.1, -0.05) is 0 Å². The number of amides is 1. The van der Waals surface area contributed by atoms with Gasteiger partial charge in [0.25, 0.3) is 0 Å². The number of carbonyl (C=O) groups excluding carboxylic acids is 1. The molecule has 2 aliphatic carbocycles. The molecule has 1 aromatic rings. The van der Waals surface area contributed by atoms with Crippen LogP contribution in [0.2, 0.25) is 0 Å². The molecule has 3 fully saturated rings. The predicted octanol–water partition coefficient (Wildman–Crippen LogP) is 1.34. The lowest BCUT2D eigenvalue weighted by atomic mass is 9.88. The zero-order valence-electron chi connectivity index (χ0n) is 14.2. The number of thiazole rings is 1. The fourth-order valence-electron chi connectivity index (χ4n) is 4.99. The number of fused-ring (bicyclic) bond motifs is 1. The van der Waals surface area contributed by atoms with Gasteiger partial charge in [0, 0.05) is 38.5 Å². The van der Waals surface area contributed by atoms with Crippen molar-refractivity contribution in [1.29, 1.82) is 0 Å². The standard InChI is InChI=1S/C17H25N3O3S/c1-10(21)20(3-4-23-2)17-18-13(9-24-17)8-19-7-12-5-11-6-14(12)15(19)16(11)22/h9,11-12,14-16,22H,3-8H2,1-2H3. The van der Waals surface area contributed by atoms with Crippen molar-refractivity contribution in [2.24, 2.45) is 17.8 Å². The van der Waals surface area contributed by atoms with Crippen LogP contribution in [0.1, 0.15) is 25.5 Å². The van der Waals surface area contributed by atoms with Gasteiger partial charge >= 0.3 is 0 Å². The van der Waals surface area contributed by atoms with Crippen molar-refractivity contribution in [2.75, 3.05) is 31.7 Å². The third-order valence-electron chi connectivity index (χ3n) is 5.98. The minimum Gasteiger partial charge on any atom is -0.391 e. The maximum Gasteiger partial charge on any atom is 0.225 e. The van der Waals surface area contributed by atoms with E-state index in [0.717, 1.165) is 29.8 Å². The van der Waals surface area contributed by atoms with Crippen LogP contribution in [0.25, 0.3) is 0 Å². The van der Waals surface area contributed by atoms with Crippen molar-refractivity contribution < 1.29 is 14.6 Å². The van der Waals surface area contributed by atoms with Gasteiger partial charge in [0.15, 0.2) is 5.13 Å². The van der Waals surface area contributed by atoms with Crippen molar-refractivity contribution in [1.82, 2.24) is 9.88 Å². The smallest absolute Gasteiger partial charge is 0.225 e. The molecule has 1 N–H and O–H groups in total. The number of methoxy groups -OCH3 is 1. The first-order chi connectivity index (χ1) is 11.6. The number of anilines is 1. The van der Waals surface area contributed by atoms with Crippen molar-refractivity contribution in [3.8, 4) is 0 Å². The van der Waals surface area contributed by atoms with Crippen molar-refractivity contribution in [3.05, 3.63) is 11.1 Å². The predicted molar refractivity (Wildman–Crippen MR) is 91.9 cm³/mol. The second-order valence-corrected chi connectivity index (χ2v) is 8.19. The summed E-state index contributed by atoms with van der Waals surface area (Å²) >= 11 is 1.51. The van der Waals surface area contributed by atoms with Crippen molar-refractivity contribution >= 4 is 22.4 Å². The highest BCUT2D eigenvalue weighted by molar-refractivity contribution is 7.14. The van der Waals surface area contributed by atoms with Gasteiger partial charge < -0.3 is 9.84 Å². The monoisotopic (exact) mass is 351 g/mol. The average Bonchev–Trinajstić information content (AvgIpc) is 3.25. The van der Waals surface area contributed by atoms with E-state index in [0.29, 0.717) is 31.0 Å². The van der Waals surface area contributed by atoms with Crippen LogP contribution in [0.5, 0.6) is 0 Å². The third-order valence-corrected chi connectivity index (χ3v) is 6.90. The van der Waals surface area contributed by atoms with E-state index in [1.54, 1.807) is 18.9 Å². The molecular formula is C17H25N3O3S. The van der Waals surface area contributed by atoms with E-state index in [2.05, 4.69) is 9.88 Å². The van der Waals surface area contributed by atoms with E-state index in [4.69, 9.17) is 4.74 Å². The molecule has 24 heavy (non-hydrogen) atoms. The summed E-state index contributed by atoms with van der Waals surface area (Å²) < 4.78 is 5.08. The van der Waals surface area contributed by atoms with Gasteiger partial charge in [-0.25, -0.2) is 4.98 Å². The largest absolute Gasteiger partial charge is 0.391 e. The zero-order valence-corrected chi connectivity index (χ0v) is 15.0. The van der Waals surface area contributed by atoms with E-state index < -0.39 is 0 Å². The Morgan fingerprint density at radius 3 is 3.04 bits per heavy atom. The average molecular weight is 351 g/mol. The van der Waals surface area contributed by atoms with Gasteiger partial charge in [-0.05, 0) is 30.6 Å². The minimum atomic E-state index is -0.165. The van der Waals surface area contributed by atoms with Gasteiger partial charge in [0.1, 0.15) is 0 Å². The molecule has 3 aliphatic rings. The van der Waals surface area contributed by atoms with E-state index in [1.807, 2.05) is 5.38 Å². The maximum atomic E-state index is 11.8. The zero-order chi connectivity index (χ0) is 16.8. The SMILES string of the molecule is COCCN(C(C)=O)c1nc(CN2CC3CC4CC3C2C4O)cs1. The second kappa shape index (κ2) is 6.37. The fourth-order valence-corrected chi connectivity index (χ4v) is 5.88. The van der Waals surface area contributed by atoms with E-state index in [9.17, 15) is 9.90 Å². The summed E-state index contributed by atoms with van der Waals surface area (Å²) in [4.78, 5) is 20.6. The summed E-state index contributed by atoms with van der Waals surface area (Å²) in [6.45, 7) is 4.43. The number of carbonyl (C=O) groups is 1. The molecular weight excluding hydrogens is 326 g/mol. The lowest BCUT2D eigenvalue weighted by molar-refractivity contribution is -0.116. The van der Waals surface area contributed by atoms with Crippen LogP contribution >= 0.6 is 11.3 Å². The lowest BCUT2D eigenvalue weighted by Gasteiger charge is -2.28. The summed E-state index contributed by atoms with van der Waals surface area (Å²) in [5.41, 5.74) is 0.996. The molecule has 2 saturated carbocycles. The molecule has 2 bridgehead atoms. The quantitative estimate of drug-likeness (QED) is 0.838. The Bertz CT molecular complexity index is 620. The molecule has 0 aromatic carbocycles. The molecule has 4 rings (SSSR count). The maximum absolute atomic E-state index is 11.8. The van der Waals surface area contributed by atoms with Crippen LogP contribution in [0.15, 0.2) is 5.38 Å². The molecule has 1 amide bonds. The normalized spacial score (nSPS) is 34.2. The summed E-state index contributed by atoms with van der Waals surface area (Å²) in [6.07, 6.45) is 2.23. The molecule has 0 radical (unpaired) electrons. The number of aromatic nitrogens is 1. The van der Waals surface area contributed by atoms with E-state index in [-0.39, 0.29) is 12.0 Å². The number of ether oxygens (including phenoxy) is 1. The van der Waals surface area contributed by atoms with Gasteiger partial charge in [-0.15, -0.1) is 11.3 Å². The highest BCUT2D eigenvalue weighted by atomic mass is 32.1. The summed E-state index contributed by atoms with van der Waals surface area (Å²) in [6, 6.07) is 0.316. The van der Waals surface area contributed by atoms with Crippen molar-refractivity contribution in [3.63, 3.8) is 0 Å². The number of hydrogen-bond acceptors (Lipinski definition) is 6. The molecule has 1 saturated heterocycles. The topological polar surface area (TPSA) is 65.9 Å². The van der Waals surface area contributed by atoms with Crippen LogP contribution in [0, 0.1) is 17.8 Å². The molecule has 2 heterocycles. The first-order valence-electron chi connectivity index (χ1n) is 8.72. The molecule has 1 aliphatic heterocycles. The number of rotatable bonds is 6. The van der Waals surface area contributed by atoms with Gasteiger partial charge in [-0.3, -0.25) is 14.6 Å². The minimum absolute atomic E-state index is 0.0128. The Balaban J connectivity index is 1.45. The lowest BCUT2D eigenvalue weighted by Crippen LogP contribution is -2.40. The Morgan fingerprint density at radius 2 is 2.33 bits per heavy atom. The number of aliphatic hydroxyl groups is 1. The van der Waals surface area contributed by atoms with Crippen LogP contribution in [-0.4, -0.2) is 59.8 Å². The third kappa shape index (κ3) is 2.67. The molecule has 5 unspecified atom stereocenters. The van der Waals surface area contributed by atoms with E-state index in [1.165, 1.54) is 24.2 Å². The molecule has 5 atom stereocenters. The molecule has 0 spiro atoms. The van der Waals surface area contributed by atoms with Gasteiger partial charge in [-0.2, -0.15) is 0 Å². The Kier molecular flexibility index (Phi) is 4.36. The molecule has 1 aromatic heterocycles. The summed E-state index contributed by atoms with van der Waals surface area (Å²) in [7, 11) is 1.63. The highest BCUT2D eigenvalue weighted by Gasteiger charge is 2.58.